The van der Waals surface area contributed by atoms with Gasteiger partial charge in [0.15, 0.2) is 6.10 Å². The van der Waals surface area contributed by atoms with E-state index in [-0.39, 0.29) is 6.54 Å². The maximum Gasteiger partial charge on any atom is 0.410 e. The van der Waals surface area contributed by atoms with E-state index in [0.29, 0.717) is 16.6 Å². The predicted molar refractivity (Wildman–Crippen MR) is 147 cm³/mol. The third kappa shape index (κ3) is 7.92. The normalized spacial score (nSPS) is 13.6. The second-order valence-corrected chi connectivity index (χ2v) is 10.8. The van der Waals surface area contributed by atoms with Crippen LogP contribution in [0.1, 0.15) is 50.8 Å². The van der Waals surface area contributed by atoms with Crippen molar-refractivity contribution >= 4 is 34.5 Å². The number of carbonyl (C=O) groups is 3. The lowest BCUT2D eigenvalue weighted by molar-refractivity contribution is -0.164. The first-order chi connectivity index (χ1) is 18.4. The monoisotopic (exact) mass is 602 g/mol. The van der Waals surface area contributed by atoms with Crippen LogP contribution < -0.4 is 0 Å². The molecule has 8 nitrogen and oxygen atoms in total. The Morgan fingerprint density at radius 3 is 2.33 bits per heavy atom. The SMILES string of the molecule is CC(OC(=O)N(C)CC(c1c[nH]c(Br)c1-c1ccccc1)C(OC=O)c1ccc(F)cc1)C(=O)OC(C)(C)C. The zero-order valence-corrected chi connectivity index (χ0v) is 24.0. The van der Waals surface area contributed by atoms with Crippen molar-refractivity contribution in [3.63, 3.8) is 0 Å². The lowest BCUT2D eigenvalue weighted by Crippen LogP contribution is -2.39. The summed E-state index contributed by atoms with van der Waals surface area (Å²) in [5, 5.41) is 0. The summed E-state index contributed by atoms with van der Waals surface area (Å²) in [7, 11) is 1.52. The Kier molecular flexibility index (Phi) is 9.91. The molecule has 0 aliphatic carbocycles. The van der Waals surface area contributed by atoms with Crippen LogP contribution in [0.5, 0.6) is 0 Å². The van der Waals surface area contributed by atoms with Gasteiger partial charge in [0.25, 0.3) is 6.47 Å². The molecule has 10 heteroatoms. The summed E-state index contributed by atoms with van der Waals surface area (Å²) < 4.78 is 30.7. The Bertz CT molecular complexity index is 1270. The first-order valence-electron chi connectivity index (χ1n) is 12.3. The molecule has 1 N–H and O–H groups in total. The fourth-order valence-corrected chi connectivity index (χ4v) is 4.69. The molecule has 39 heavy (non-hydrogen) atoms. The Morgan fingerprint density at radius 2 is 1.74 bits per heavy atom. The second kappa shape index (κ2) is 12.9. The Labute approximate surface area is 235 Å². The smallest absolute Gasteiger partial charge is 0.410 e. The second-order valence-electron chi connectivity index (χ2n) is 10.0. The molecule has 1 amide bonds. The minimum absolute atomic E-state index is 0.0277. The standard InChI is InChI=1S/C29H32BrFN2O6/c1-18(27(35)39-29(2,3)4)38-28(36)33(5)16-23(25(37-17-34)20-11-13-21(31)14-12-20)22-15-32-26(30)24(22)19-9-7-6-8-10-19/h6-15,17-18,23,25,32H,16H2,1-5H3. The van der Waals surface area contributed by atoms with E-state index in [2.05, 4.69) is 20.9 Å². The molecule has 0 saturated carbocycles. The van der Waals surface area contributed by atoms with Crippen molar-refractivity contribution in [1.82, 2.24) is 9.88 Å². The molecule has 0 spiro atoms. The van der Waals surface area contributed by atoms with Crippen LogP contribution >= 0.6 is 15.9 Å². The molecule has 0 radical (unpaired) electrons. The molecule has 1 heterocycles. The van der Waals surface area contributed by atoms with Gasteiger partial charge in [0.05, 0.1) is 4.60 Å². The molecule has 0 aliphatic rings. The highest BCUT2D eigenvalue weighted by atomic mass is 79.9. The van der Waals surface area contributed by atoms with Crippen LogP contribution in [0.3, 0.4) is 0 Å². The minimum Gasteiger partial charge on any atom is -0.459 e. The van der Waals surface area contributed by atoms with Gasteiger partial charge >= 0.3 is 12.1 Å². The van der Waals surface area contributed by atoms with E-state index in [1.54, 1.807) is 27.0 Å². The highest BCUT2D eigenvalue weighted by molar-refractivity contribution is 9.10. The third-order valence-electron chi connectivity index (χ3n) is 5.89. The topological polar surface area (TPSA) is 97.9 Å². The van der Waals surface area contributed by atoms with Crippen LogP contribution in [0.25, 0.3) is 11.1 Å². The number of hydrogen-bond acceptors (Lipinski definition) is 6. The number of aromatic amines is 1. The average molecular weight is 603 g/mol. The van der Waals surface area contributed by atoms with Gasteiger partial charge in [0.1, 0.15) is 17.5 Å². The minimum atomic E-state index is -1.14. The van der Waals surface area contributed by atoms with E-state index >= 15 is 0 Å². The van der Waals surface area contributed by atoms with Gasteiger partial charge in [-0.2, -0.15) is 0 Å². The number of hydrogen-bond donors (Lipinski definition) is 1. The van der Waals surface area contributed by atoms with Crippen molar-refractivity contribution < 1.29 is 33.0 Å². The molecule has 208 valence electrons. The molecule has 3 unspecified atom stereocenters. The Balaban J connectivity index is 1.98. The zero-order chi connectivity index (χ0) is 28.7. The van der Waals surface area contributed by atoms with Crippen molar-refractivity contribution in [2.45, 2.75) is 51.4 Å². The number of rotatable bonds is 10. The van der Waals surface area contributed by atoms with Crippen molar-refractivity contribution in [2.75, 3.05) is 13.6 Å². The van der Waals surface area contributed by atoms with E-state index < -0.39 is 41.6 Å². The van der Waals surface area contributed by atoms with Crippen molar-refractivity contribution in [3.8, 4) is 11.1 Å². The highest BCUT2D eigenvalue weighted by Crippen LogP contribution is 2.42. The summed E-state index contributed by atoms with van der Waals surface area (Å²) in [6, 6.07) is 15.2. The molecule has 0 saturated heterocycles. The third-order valence-corrected chi connectivity index (χ3v) is 6.51. The average Bonchev–Trinajstić information content (AvgIpc) is 3.27. The maximum atomic E-state index is 13.7. The van der Waals surface area contributed by atoms with Crippen LogP contribution in [0.4, 0.5) is 9.18 Å². The molecule has 2 aromatic carbocycles. The number of nitrogens with one attached hydrogen (secondary N) is 1. The molecular formula is C29H32BrFN2O6. The number of carbonyl (C=O) groups excluding carboxylic acids is 3. The number of nitrogens with zero attached hydrogens (tertiary/aromatic N) is 1. The van der Waals surface area contributed by atoms with Crippen molar-refractivity contribution in [1.29, 1.82) is 0 Å². The Hall–Kier alpha value is -3.66. The number of esters is 1. The van der Waals surface area contributed by atoms with E-state index in [9.17, 15) is 18.8 Å². The van der Waals surface area contributed by atoms with Gasteiger partial charge in [-0.05, 0) is 72.4 Å². The number of H-pyrrole nitrogens is 1. The molecule has 3 rings (SSSR count). The first-order valence-corrected chi connectivity index (χ1v) is 13.1. The zero-order valence-electron chi connectivity index (χ0n) is 22.4. The fourth-order valence-electron chi connectivity index (χ4n) is 4.12. The first kappa shape index (κ1) is 29.9. The van der Waals surface area contributed by atoms with Crippen molar-refractivity contribution in [2.24, 2.45) is 0 Å². The van der Waals surface area contributed by atoms with Crippen LogP contribution in [0, 0.1) is 5.82 Å². The number of amides is 1. The van der Waals surface area contributed by atoms with E-state index in [4.69, 9.17) is 14.2 Å². The fraction of sp³-hybridized carbons (Fsp3) is 0.345. The van der Waals surface area contributed by atoms with E-state index in [0.717, 1.165) is 16.7 Å². The van der Waals surface area contributed by atoms with Crippen LogP contribution in [0.2, 0.25) is 0 Å². The number of likely N-dealkylation sites (N-methyl/N-ethyl adjacent to an activating group) is 1. The molecule has 0 bridgehead atoms. The van der Waals surface area contributed by atoms with Gasteiger partial charge in [0.2, 0.25) is 0 Å². The van der Waals surface area contributed by atoms with Gasteiger partial charge in [-0.1, -0.05) is 42.5 Å². The Morgan fingerprint density at radius 1 is 1.10 bits per heavy atom. The van der Waals surface area contributed by atoms with Crippen LogP contribution in [-0.2, 0) is 23.8 Å². The quantitative estimate of drug-likeness (QED) is 0.164. The molecule has 3 aromatic rings. The highest BCUT2D eigenvalue weighted by Gasteiger charge is 2.34. The number of halogens is 2. The lowest BCUT2D eigenvalue weighted by Gasteiger charge is -2.31. The summed E-state index contributed by atoms with van der Waals surface area (Å²) in [5.41, 5.74) is 2.24. The van der Waals surface area contributed by atoms with E-state index in [1.807, 2.05) is 30.3 Å². The largest absolute Gasteiger partial charge is 0.459 e. The molecule has 0 fully saturated rings. The number of benzene rings is 2. The van der Waals surface area contributed by atoms with Gasteiger partial charge in [-0.3, -0.25) is 4.79 Å². The molecule has 1 aromatic heterocycles. The van der Waals surface area contributed by atoms with Gasteiger partial charge in [-0.25, -0.2) is 14.0 Å². The predicted octanol–water partition coefficient (Wildman–Crippen LogP) is 6.38. The van der Waals surface area contributed by atoms with Crippen molar-refractivity contribution in [3.05, 3.63) is 82.3 Å². The maximum absolute atomic E-state index is 13.7. The summed E-state index contributed by atoms with van der Waals surface area (Å²) in [4.78, 5) is 41.5. The summed E-state index contributed by atoms with van der Waals surface area (Å²) >= 11 is 3.57. The van der Waals surface area contributed by atoms with Gasteiger partial charge in [0, 0.05) is 31.3 Å². The summed E-state index contributed by atoms with van der Waals surface area (Å²) in [5.74, 6) is -1.73. The number of aromatic nitrogens is 1. The molecule has 3 atom stereocenters. The van der Waals surface area contributed by atoms with E-state index in [1.165, 1.54) is 43.1 Å². The lowest BCUT2D eigenvalue weighted by atomic mass is 9.86. The van der Waals surface area contributed by atoms with Gasteiger partial charge < -0.3 is 24.1 Å². The number of ether oxygens (including phenoxy) is 3. The summed E-state index contributed by atoms with van der Waals surface area (Å²) in [6.45, 7) is 6.95. The van der Waals surface area contributed by atoms with Crippen LogP contribution in [0.15, 0.2) is 65.4 Å². The molecule has 0 aliphatic heterocycles. The molecular weight excluding hydrogens is 571 g/mol. The van der Waals surface area contributed by atoms with Crippen LogP contribution in [-0.4, -0.2) is 53.7 Å². The summed E-state index contributed by atoms with van der Waals surface area (Å²) in [6.07, 6.45) is -1.02. The van der Waals surface area contributed by atoms with Gasteiger partial charge in [-0.15, -0.1) is 0 Å².